The number of unbranched alkanes of at least 4 members (excludes halogenated alkanes) is 1. The lowest BCUT2D eigenvalue weighted by Gasteiger charge is -2.22. The normalized spacial score (nSPS) is 14.4. The van der Waals surface area contributed by atoms with Gasteiger partial charge in [-0.3, -0.25) is 9.59 Å². The van der Waals surface area contributed by atoms with E-state index in [4.69, 9.17) is 5.73 Å². The fourth-order valence-electron chi connectivity index (χ4n) is 1.67. The molecule has 1 rings (SSSR count). The van der Waals surface area contributed by atoms with Gasteiger partial charge in [-0.15, -0.1) is 12.8 Å². The third-order valence-electron chi connectivity index (χ3n) is 2.99. The lowest BCUT2D eigenvalue weighted by Crippen LogP contribution is -2.36. The summed E-state index contributed by atoms with van der Waals surface area (Å²) in [4.78, 5) is 22.4. The SMILES string of the molecule is C#C.C=C(N)[C@@H]1CCCN1C(C)=O.CC(C)(C)OC=O.CCCC.CN. The second kappa shape index (κ2) is 21.0. The first-order chi connectivity index (χ1) is 12.1. The molecule has 0 spiro atoms. The molecule has 6 heteroatoms. The molecule has 0 unspecified atom stereocenters. The van der Waals surface area contributed by atoms with E-state index >= 15 is 0 Å². The molecule has 0 aliphatic carbocycles. The average molecular weight is 372 g/mol. The van der Waals surface area contributed by atoms with Crippen molar-refractivity contribution in [2.24, 2.45) is 11.5 Å². The summed E-state index contributed by atoms with van der Waals surface area (Å²) in [5, 5.41) is 0. The number of terminal acetylenes is 1. The fraction of sp³-hybridized carbons (Fsp3) is 0.700. The van der Waals surface area contributed by atoms with Crippen LogP contribution in [0, 0.1) is 12.8 Å². The summed E-state index contributed by atoms with van der Waals surface area (Å²) >= 11 is 0. The Bertz CT molecular complexity index is 352. The van der Waals surface area contributed by atoms with E-state index in [1.54, 1.807) is 11.8 Å². The number of nitrogens with zero attached hydrogens (tertiary/aromatic N) is 1. The number of ether oxygens (including phenoxy) is 1. The van der Waals surface area contributed by atoms with Gasteiger partial charge < -0.3 is 21.1 Å². The average Bonchev–Trinajstić information content (AvgIpc) is 3.08. The smallest absolute Gasteiger partial charge is 0.293 e. The number of rotatable bonds is 3. The lowest BCUT2D eigenvalue weighted by atomic mass is 10.2. The Morgan fingerprint density at radius 1 is 1.27 bits per heavy atom. The third kappa shape index (κ3) is 22.0. The predicted octanol–water partition coefficient (Wildman–Crippen LogP) is 3.06. The Morgan fingerprint density at radius 2 is 1.69 bits per heavy atom. The molecule has 0 bridgehead atoms. The molecule has 0 radical (unpaired) electrons. The fourth-order valence-corrected chi connectivity index (χ4v) is 1.67. The summed E-state index contributed by atoms with van der Waals surface area (Å²) in [5.74, 6) is 0.0964. The third-order valence-corrected chi connectivity index (χ3v) is 2.99. The van der Waals surface area contributed by atoms with Crippen molar-refractivity contribution in [3.8, 4) is 12.8 Å². The minimum Gasteiger partial charge on any atom is -0.462 e. The second-order valence-corrected chi connectivity index (χ2v) is 6.27. The van der Waals surface area contributed by atoms with Crippen LogP contribution >= 0.6 is 0 Å². The van der Waals surface area contributed by atoms with Crippen molar-refractivity contribution < 1.29 is 14.3 Å². The van der Waals surface area contributed by atoms with Gasteiger partial charge in [0.15, 0.2) is 0 Å². The van der Waals surface area contributed by atoms with Crippen LogP contribution in [-0.4, -0.2) is 42.5 Å². The van der Waals surface area contributed by atoms with Crippen molar-refractivity contribution in [3.05, 3.63) is 12.3 Å². The van der Waals surface area contributed by atoms with Crippen LogP contribution in [0.4, 0.5) is 0 Å². The van der Waals surface area contributed by atoms with Crippen LogP contribution < -0.4 is 11.5 Å². The molecule has 1 amide bonds. The van der Waals surface area contributed by atoms with Gasteiger partial charge >= 0.3 is 0 Å². The first-order valence-electron chi connectivity index (χ1n) is 8.84. The van der Waals surface area contributed by atoms with Crippen LogP contribution in [0.1, 0.15) is 67.2 Å². The maximum Gasteiger partial charge on any atom is 0.293 e. The maximum atomic E-state index is 11.0. The molecule has 1 saturated heterocycles. The Hall–Kier alpha value is -2.00. The molecule has 4 N–H and O–H groups in total. The second-order valence-electron chi connectivity index (χ2n) is 6.27. The van der Waals surface area contributed by atoms with Crippen LogP contribution in [0.25, 0.3) is 0 Å². The van der Waals surface area contributed by atoms with Gasteiger partial charge in [0.2, 0.25) is 5.91 Å². The zero-order valence-corrected chi connectivity index (χ0v) is 17.9. The van der Waals surface area contributed by atoms with E-state index in [-0.39, 0.29) is 17.6 Å². The van der Waals surface area contributed by atoms with Crippen molar-refractivity contribution in [2.75, 3.05) is 13.6 Å². The standard InChI is InChI=1S/C8H14N2O.C5H10O2.C4H10.C2H2.CH5N/c1-6(9)8-4-3-5-10(8)7(2)11;1-5(2,3)7-4-6;1-3-4-2;2*1-2/h8H,1,3-5,9H2,2H3;4H,1-3H3;3-4H2,1-2H3;1-2H;2H2,1H3/t8-;;;;/m0..../s1. The van der Waals surface area contributed by atoms with Crippen molar-refractivity contribution in [1.29, 1.82) is 0 Å². The number of hydrogen-bond donors (Lipinski definition) is 2. The highest BCUT2D eigenvalue weighted by Crippen LogP contribution is 2.19. The number of carbonyl (C=O) groups excluding carboxylic acids is 2. The predicted molar refractivity (Wildman–Crippen MR) is 111 cm³/mol. The van der Waals surface area contributed by atoms with Crippen LogP contribution in [-0.2, 0) is 14.3 Å². The minimum absolute atomic E-state index is 0.0903. The molecule has 154 valence electrons. The zero-order valence-electron chi connectivity index (χ0n) is 17.9. The first kappa shape index (κ1) is 31.7. The van der Waals surface area contributed by atoms with Crippen LogP contribution in [0.5, 0.6) is 0 Å². The largest absolute Gasteiger partial charge is 0.462 e. The molecule has 1 aliphatic rings. The van der Waals surface area contributed by atoms with Gasteiger partial charge in [-0.1, -0.05) is 33.3 Å². The summed E-state index contributed by atoms with van der Waals surface area (Å²) in [6.45, 7) is 16.3. The van der Waals surface area contributed by atoms with Gasteiger partial charge in [0, 0.05) is 19.2 Å². The summed E-state index contributed by atoms with van der Waals surface area (Å²) in [6.07, 6.45) is 12.6. The molecule has 1 atom stereocenters. The highest BCUT2D eigenvalue weighted by atomic mass is 16.5. The molecule has 0 aromatic carbocycles. The molecule has 6 nitrogen and oxygen atoms in total. The minimum atomic E-state index is -0.318. The summed E-state index contributed by atoms with van der Waals surface area (Å²) in [5.41, 5.74) is 10.3. The monoisotopic (exact) mass is 371 g/mol. The van der Waals surface area contributed by atoms with E-state index in [1.165, 1.54) is 19.9 Å². The van der Waals surface area contributed by atoms with E-state index in [9.17, 15) is 9.59 Å². The lowest BCUT2D eigenvalue weighted by molar-refractivity contribution is -0.138. The Kier molecular flexibility index (Phi) is 25.7. The Morgan fingerprint density at radius 3 is 1.85 bits per heavy atom. The maximum absolute atomic E-state index is 11.0. The molecular formula is C20H41N3O3. The van der Waals surface area contributed by atoms with E-state index in [0.717, 1.165) is 19.4 Å². The number of nitrogens with two attached hydrogens (primary N) is 2. The first-order valence-corrected chi connectivity index (χ1v) is 8.84. The molecule has 26 heavy (non-hydrogen) atoms. The highest BCUT2D eigenvalue weighted by molar-refractivity contribution is 5.74. The molecule has 0 aromatic rings. The number of carbonyl (C=O) groups is 2. The van der Waals surface area contributed by atoms with Gasteiger partial charge in [-0.2, -0.15) is 0 Å². The van der Waals surface area contributed by atoms with Crippen LogP contribution in [0.2, 0.25) is 0 Å². The summed E-state index contributed by atoms with van der Waals surface area (Å²) < 4.78 is 4.55. The summed E-state index contributed by atoms with van der Waals surface area (Å²) in [7, 11) is 1.50. The Balaban J connectivity index is -0.000000140. The van der Waals surface area contributed by atoms with Crippen molar-refractivity contribution in [2.45, 2.75) is 78.9 Å². The molecule has 0 saturated carbocycles. The van der Waals surface area contributed by atoms with Crippen LogP contribution in [0.3, 0.4) is 0 Å². The van der Waals surface area contributed by atoms with E-state index in [0.29, 0.717) is 12.2 Å². The topological polar surface area (TPSA) is 98.6 Å². The molecular weight excluding hydrogens is 330 g/mol. The van der Waals surface area contributed by atoms with E-state index in [2.05, 4.69) is 43.7 Å². The van der Waals surface area contributed by atoms with Gasteiger partial charge in [-0.25, -0.2) is 0 Å². The number of hydrogen-bond acceptors (Lipinski definition) is 5. The van der Waals surface area contributed by atoms with E-state index in [1.807, 2.05) is 20.8 Å². The number of amides is 1. The van der Waals surface area contributed by atoms with Crippen molar-refractivity contribution in [1.82, 2.24) is 4.90 Å². The summed E-state index contributed by atoms with van der Waals surface area (Å²) in [6, 6.07) is 0.0903. The number of likely N-dealkylation sites (tertiary alicyclic amines) is 1. The van der Waals surface area contributed by atoms with Crippen molar-refractivity contribution >= 4 is 12.4 Å². The van der Waals surface area contributed by atoms with Crippen molar-refractivity contribution in [3.63, 3.8) is 0 Å². The van der Waals surface area contributed by atoms with Gasteiger partial charge in [0.25, 0.3) is 6.47 Å². The highest BCUT2D eigenvalue weighted by Gasteiger charge is 2.26. The van der Waals surface area contributed by atoms with E-state index < -0.39 is 0 Å². The molecule has 1 aliphatic heterocycles. The van der Waals surface area contributed by atoms with Crippen LogP contribution in [0.15, 0.2) is 12.3 Å². The zero-order chi connectivity index (χ0) is 21.8. The molecule has 1 heterocycles. The Labute approximate surface area is 161 Å². The molecule has 1 fully saturated rings. The van der Waals surface area contributed by atoms with Gasteiger partial charge in [0.1, 0.15) is 5.60 Å². The van der Waals surface area contributed by atoms with Gasteiger partial charge in [-0.05, 0) is 40.7 Å². The quantitative estimate of drug-likeness (QED) is 0.587. The van der Waals surface area contributed by atoms with Gasteiger partial charge in [0.05, 0.1) is 6.04 Å². The molecule has 0 aromatic heterocycles.